The van der Waals surface area contributed by atoms with Crippen molar-refractivity contribution < 1.29 is 0 Å². The largest absolute Gasteiger partial charge is 0.330 e. The Balaban J connectivity index is 2.31. The highest BCUT2D eigenvalue weighted by atomic mass is 15.3. The molecule has 1 aliphatic carbocycles. The minimum atomic E-state index is 0.320. The maximum Gasteiger partial charge on any atom is 0.0715 e. The van der Waals surface area contributed by atoms with Crippen molar-refractivity contribution in [2.24, 2.45) is 12.8 Å². The Morgan fingerprint density at radius 1 is 1.57 bits per heavy atom. The lowest BCUT2D eigenvalue weighted by Crippen LogP contribution is -2.37. The van der Waals surface area contributed by atoms with Gasteiger partial charge in [-0.05, 0) is 38.3 Å². The van der Waals surface area contributed by atoms with Crippen LogP contribution in [0.25, 0.3) is 0 Å². The summed E-state index contributed by atoms with van der Waals surface area (Å²) in [5.41, 5.74) is 8.61. The summed E-state index contributed by atoms with van der Waals surface area (Å²) in [4.78, 5) is 0. The van der Waals surface area contributed by atoms with Crippen LogP contribution in [0.15, 0.2) is 6.20 Å². The van der Waals surface area contributed by atoms with Crippen LogP contribution >= 0.6 is 0 Å². The Bertz CT molecular complexity index is 323. The van der Waals surface area contributed by atoms with E-state index < -0.39 is 0 Å². The van der Waals surface area contributed by atoms with Gasteiger partial charge < -0.3 is 5.73 Å². The second-order valence-corrected chi connectivity index (χ2v) is 4.51. The van der Waals surface area contributed by atoms with Crippen LogP contribution in [-0.2, 0) is 12.5 Å². The Hall–Kier alpha value is -0.830. The number of nitrogens with zero attached hydrogens (tertiary/aromatic N) is 2. The Labute approximate surface area is 85.3 Å². The number of rotatable bonds is 3. The molecule has 3 nitrogen and oxygen atoms in total. The summed E-state index contributed by atoms with van der Waals surface area (Å²) in [5.74, 6) is 0. The zero-order valence-corrected chi connectivity index (χ0v) is 9.08. The number of nitrogens with two attached hydrogens (primary N) is 1. The van der Waals surface area contributed by atoms with Gasteiger partial charge in [-0.1, -0.05) is 6.42 Å². The van der Waals surface area contributed by atoms with Gasteiger partial charge in [-0.3, -0.25) is 4.68 Å². The molecule has 0 amide bonds. The smallest absolute Gasteiger partial charge is 0.0715 e. The van der Waals surface area contributed by atoms with E-state index in [1.807, 2.05) is 11.7 Å². The van der Waals surface area contributed by atoms with Crippen LogP contribution in [0.1, 0.15) is 36.9 Å². The molecule has 0 spiro atoms. The number of aryl methyl sites for hydroxylation is 2. The van der Waals surface area contributed by atoms with Crippen molar-refractivity contribution in [3.8, 4) is 0 Å². The first-order chi connectivity index (χ1) is 6.68. The molecular formula is C11H19N3. The highest BCUT2D eigenvalue weighted by Gasteiger charge is 2.40. The van der Waals surface area contributed by atoms with Crippen molar-refractivity contribution in [1.29, 1.82) is 0 Å². The van der Waals surface area contributed by atoms with Crippen LogP contribution in [0.2, 0.25) is 0 Å². The highest BCUT2D eigenvalue weighted by molar-refractivity contribution is 5.27. The average Bonchev–Trinajstić information content (AvgIpc) is 2.38. The van der Waals surface area contributed by atoms with Crippen molar-refractivity contribution in [3.05, 3.63) is 17.5 Å². The first-order valence-corrected chi connectivity index (χ1v) is 5.39. The third-order valence-electron chi connectivity index (χ3n) is 3.45. The van der Waals surface area contributed by atoms with Gasteiger partial charge in [0.15, 0.2) is 0 Å². The molecule has 0 bridgehead atoms. The Kier molecular flexibility index (Phi) is 2.35. The standard InChI is InChI=1S/C11H19N3/c1-9-8-14(2)13-10(9)11(6-7-12)4-3-5-11/h8H,3-7,12H2,1-2H3. The monoisotopic (exact) mass is 193 g/mol. The third kappa shape index (κ3) is 1.36. The SMILES string of the molecule is Cc1cn(C)nc1C1(CCN)CCC1. The van der Waals surface area contributed by atoms with Crippen molar-refractivity contribution in [3.63, 3.8) is 0 Å². The molecule has 1 aromatic rings. The first-order valence-electron chi connectivity index (χ1n) is 5.39. The van der Waals surface area contributed by atoms with Crippen molar-refractivity contribution in [1.82, 2.24) is 9.78 Å². The van der Waals surface area contributed by atoms with E-state index in [1.54, 1.807) is 0 Å². The summed E-state index contributed by atoms with van der Waals surface area (Å²) in [6.07, 6.45) is 7.05. The average molecular weight is 193 g/mol. The van der Waals surface area contributed by atoms with Gasteiger partial charge in [-0.25, -0.2) is 0 Å². The summed E-state index contributed by atoms with van der Waals surface area (Å²) in [7, 11) is 1.99. The molecule has 0 saturated heterocycles. The second-order valence-electron chi connectivity index (χ2n) is 4.51. The summed E-state index contributed by atoms with van der Waals surface area (Å²) in [6.45, 7) is 2.93. The molecule has 2 N–H and O–H groups in total. The lowest BCUT2D eigenvalue weighted by atomic mass is 9.64. The van der Waals surface area contributed by atoms with Crippen LogP contribution in [0.5, 0.6) is 0 Å². The lowest BCUT2D eigenvalue weighted by molar-refractivity contribution is 0.220. The summed E-state index contributed by atoms with van der Waals surface area (Å²) in [6, 6.07) is 0. The number of aromatic nitrogens is 2. The van der Waals surface area contributed by atoms with Crippen molar-refractivity contribution in [2.45, 2.75) is 38.0 Å². The summed E-state index contributed by atoms with van der Waals surface area (Å²) in [5, 5.41) is 4.58. The molecule has 14 heavy (non-hydrogen) atoms. The quantitative estimate of drug-likeness (QED) is 0.790. The summed E-state index contributed by atoms with van der Waals surface area (Å²) >= 11 is 0. The van der Waals surface area contributed by atoms with E-state index in [9.17, 15) is 0 Å². The lowest BCUT2D eigenvalue weighted by Gasteiger charge is -2.41. The molecular weight excluding hydrogens is 174 g/mol. The van der Waals surface area contributed by atoms with Crippen LogP contribution in [0.3, 0.4) is 0 Å². The van der Waals surface area contributed by atoms with Gasteiger partial charge in [0.05, 0.1) is 5.69 Å². The van der Waals surface area contributed by atoms with Gasteiger partial charge >= 0.3 is 0 Å². The van der Waals surface area contributed by atoms with Gasteiger partial charge in [0.1, 0.15) is 0 Å². The molecule has 2 rings (SSSR count). The summed E-state index contributed by atoms with van der Waals surface area (Å²) < 4.78 is 1.92. The van der Waals surface area contributed by atoms with Crippen molar-refractivity contribution >= 4 is 0 Å². The van der Waals surface area contributed by atoms with E-state index in [0.717, 1.165) is 13.0 Å². The molecule has 1 aromatic heterocycles. The van der Waals surface area contributed by atoms with Gasteiger partial charge in [-0.2, -0.15) is 5.10 Å². The van der Waals surface area contributed by atoms with E-state index in [1.165, 1.54) is 30.5 Å². The predicted octanol–water partition coefficient (Wildman–Crippen LogP) is 1.50. The molecule has 0 atom stereocenters. The van der Waals surface area contributed by atoms with Crippen LogP contribution in [0.4, 0.5) is 0 Å². The molecule has 78 valence electrons. The molecule has 0 radical (unpaired) electrons. The third-order valence-corrected chi connectivity index (χ3v) is 3.45. The maximum absolute atomic E-state index is 5.68. The normalized spacial score (nSPS) is 19.4. The molecule has 0 unspecified atom stereocenters. The maximum atomic E-state index is 5.68. The van der Waals surface area contributed by atoms with E-state index in [-0.39, 0.29) is 0 Å². The van der Waals surface area contributed by atoms with Crippen LogP contribution in [-0.4, -0.2) is 16.3 Å². The van der Waals surface area contributed by atoms with E-state index in [2.05, 4.69) is 18.2 Å². The molecule has 1 aliphatic rings. The fourth-order valence-corrected chi connectivity index (χ4v) is 2.62. The Morgan fingerprint density at radius 3 is 2.64 bits per heavy atom. The van der Waals surface area contributed by atoms with E-state index in [4.69, 9.17) is 5.73 Å². The van der Waals surface area contributed by atoms with Gasteiger partial charge in [-0.15, -0.1) is 0 Å². The van der Waals surface area contributed by atoms with Gasteiger partial charge in [0.2, 0.25) is 0 Å². The molecule has 1 heterocycles. The van der Waals surface area contributed by atoms with Gasteiger partial charge in [0, 0.05) is 18.7 Å². The molecule has 0 aliphatic heterocycles. The number of hydrogen-bond acceptors (Lipinski definition) is 2. The molecule has 0 aromatic carbocycles. The van der Waals surface area contributed by atoms with E-state index >= 15 is 0 Å². The highest BCUT2D eigenvalue weighted by Crippen LogP contribution is 2.46. The van der Waals surface area contributed by atoms with Crippen molar-refractivity contribution in [2.75, 3.05) is 6.54 Å². The molecule has 3 heteroatoms. The fraction of sp³-hybridized carbons (Fsp3) is 0.727. The topological polar surface area (TPSA) is 43.8 Å². The minimum absolute atomic E-state index is 0.320. The number of hydrogen-bond donors (Lipinski definition) is 1. The first kappa shape index (κ1) is 9.71. The zero-order chi connectivity index (χ0) is 10.2. The Morgan fingerprint density at radius 2 is 2.29 bits per heavy atom. The second kappa shape index (κ2) is 3.39. The van der Waals surface area contributed by atoms with Crippen LogP contribution < -0.4 is 5.73 Å². The predicted molar refractivity (Wildman–Crippen MR) is 57.1 cm³/mol. The molecule has 1 saturated carbocycles. The van der Waals surface area contributed by atoms with Gasteiger partial charge in [0.25, 0.3) is 0 Å². The van der Waals surface area contributed by atoms with E-state index in [0.29, 0.717) is 5.41 Å². The minimum Gasteiger partial charge on any atom is -0.330 e. The zero-order valence-electron chi connectivity index (χ0n) is 9.08. The van der Waals surface area contributed by atoms with Crippen LogP contribution in [0, 0.1) is 6.92 Å². The molecule has 1 fully saturated rings. The fourth-order valence-electron chi connectivity index (χ4n) is 2.62.